The first-order valence-corrected chi connectivity index (χ1v) is 7.42. The third-order valence-corrected chi connectivity index (χ3v) is 4.28. The van der Waals surface area contributed by atoms with E-state index in [4.69, 9.17) is 9.47 Å². The van der Waals surface area contributed by atoms with Crippen molar-refractivity contribution >= 4 is 12.1 Å². The molecule has 5 nitrogen and oxygen atoms in total. The number of carbonyl (C=O) groups excluding carboxylic acids is 2. The molecule has 0 spiro atoms. The number of esters is 1. The fraction of sp³-hybridized carbons (Fsp3) is 0.412. The zero-order valence-corrected chi connectivity index (χ0v) is 12.5. The molecule has 2 heterocycles. The van der Waals surface area contributed by atoms with Crippen molar-refractivity contribution < 1.29 is 19.1 Å². The number of amides is 1. The van der Waals surface area contributed by atoms with E-state index in [-0.39, 0.29) is 36.5 Å². The first-order chi connectivity index (χ1) is 10.7. The molecule has 0 unspecified atom stereocenters. The highest BCUT2D eigenvalue weighted by Gasteiger charge is 2.44. The summed E-state index contributed by atoms with van der Waals surface area (Å²) in [6, 6.07) is 9.31. The van der Waals surface area contributed by atoms with Gasteiger partial charge in [0.05, 0.1) is 19.1 Å². The zero-order valence-electron chi connectivity index (χ0n) is 12.5. The molecule has 1 saturated heterocycles. The average molecular weight is 301 g/mol. The van der Waals surface area contributed by atoms with Crippen molar-refractivity contribution in [2.45, 2.75) is 19.1 Å². The number of nitrogens with zero attached hydrogens (tertiary/aromatic N) is 1. The smallest absolute Gasteiger partial charge is 0.410 e. The largest absolute Gasteiger partial charge is 0.461 e. The molecule has 1 amide bonds. The molecule has 1 aliphatic carbocycles. The Balaban J connectivity index is 1.65. The molecule has 0 saturated carbocycles. The summed E-state index contributed by atoms with van der Waals surface area (Å²) in [6.45, 7) is 0.867. The Morgan fingerprint density at radius 2 is 2.00 bits per heavy atom. The minimum absolute atomic E-state index is 0.193. The molecule has 0 radical (unpaired) electrons. The van der Waals surface area contributed by atoms with Gasteiger partial charge in [-0.1, -0.05) is 42.5 Å². The van der Waals surface area contributed by atoms with Gasteiger partial charge in [-0.15, -0.1) is 0 Å². The summed E-state index contributed by atoms with van der Waals surface area (Å²) in [7, 11) is 1.36. The van der Waals surface area contributed by atoms with Gasteiger partial charge in [0.1, 0.15) is 6.61 Å². The summed E-state index contributed by atoms with van der Waals surface area (Å²) in [6.07, 6.45) is 4.33. The zero-order chi connectivity index (χ0) is 15.5. The maximum absolute atomic E-state index is 12.4. The van der Waals surface area contributed by atoms with Crippen LogP contribution >= 0.6 is 0 Å². The van der Waals surface area contributed by atoms with E-state index < -0.39 is 0 Å². The molecule has 1 aromatic carbocycles. The highest BCUT2D eigenvalue weighted by atomic mass is 16.5. The van der Waals surface area contributed by atoms with Gasteiger partial charge in [-0.3, -0.25) is 4.79 Å². The molecule has 4 rings (SSSR count). The SMILES string of the molecule is COC(=O)N1C[C@@H]2C=C[C@H]1[C@H](C(=O)OCc1ccccc1)C2. The number of fused-ring (bicyclic) bond motifs is 2. The van der Waals surface area contributed by atoms with Gasteiger partial charge in [0.15, 0.2) is 0 Å². The minimum Gasteiger partial charge on any atom is -0.461 e. The van der Waals surface area contributed by atoms with Crippen LogP contribution in [0.15, 0.2) is 42.5 Å². The van der Waals surface area contributed by atoms with Crippen LogP contribution in [0.5, 0.6) is 0 Å². The molecular formula is C17H19NO4. The van der Waals surface area contributed by atoms with Crippen LogP contribution in [0.25, 0.3) is 0 Å². The predicted octanol–water partition coefficient (Wildman–Crippen LogP) is 2.37. The van der Waals surface area contributed by atoms with Gasteiger partial charge in [-0.2, -0.15) is 0 Å². The minimum atomic E-state index is -0.389. The summed E-state index contributed by atoms with van der Waals surface area (Å²) in [5.41, 5.74) is 0.956. The lowest BCUT2D eigenvalue weighted by atomic mass is 9.78. The van der Waals surface area contributed by atoms with Crippen molar-refractivity contribution in [2.75, 3.05) is 13.7 Å². The van der Waals surface area contributed by atoms with Gasteiger partial charge in [-0.25, -0.2) is 4.79 Å². The monoisotopic (exact) mass is 301 g/mol. The Hall–Kier alpha value is -2.30. The molecule has 3 atom stereocenters. The van der Waals surface area contributed by atoms with E-state index in [2.05, 4.69) is 6.08 Å². The predicted molar refractivity (Wildman–Crippen MR) is 79.9 cm³/mol. The van der Waals surface area contributed by atoms with Crippen LogP contribution in [-0.2, 0) is 20.9 Å². The van der Waals surface area contributed by atoms with E-state index in [0.29, 0.717) is 6.54 Å². The molecule has 2 bridgehead atoms. The summed E-state index contributed by atoms with van der Waals surface area (Å²) in [5, 5.41) is 0. The Labute approximate surface area is 129 Å². The van der Waals surface area contributed by atoms with E-state index in [9.17, 15) is 9.59 Å². The molecular weight excluding hydrogens is 282 g/mol. The number of piperidine rings is 1. The highest BCUT2D eigenvalue weighted by molar-refractivity contribution is 5.77. The third-order valence-electron chi connectivity index (χ3n) is 4.28. The van der Waals surface area contributed by atoms with Crippen LogP contribution in [0.3, 0.4) is 0 Å². The van der Waals surface area contributed by atoms with Gasteiger partial charge in [0, 0.05) is 6.54 Å². The van der Waals surface area contributed by atoms with E-state index >= 15 is 0 Å². The molecule has 1 aromatic rings. The second kappa shape index (κ2) is 6.22. The van der Waals surface area contributed by atoms with Gasteiger partial charge < -0.3 is 14.4 Å². The van der Waals surface area contributed by atoms with E-state index in [1.54, 1.807) is 4.90 Å². The van der Waals surface area contributed by atoms with Crippen LogP contribution < -0.4 is 0 Å². The Morgan fingerprint density at radius 1 is 1.23 bits per heavy atom. The number of methoxy groups -OCH3 is 1. The first kappa shape index (κ1) is 14.6. The maximum atomic E-state index is 12.4. The molecule has 3 aliphatic rings. The number of rotatable bonds is 3. The second-order valence-electron chi connectivity index (χ2n) is 5.69. The number of hydrogen-bond donors (Lipinski definition) is 0. The van der Waals surface area contributed by atoms with E-state index in [1.807, 2.05) is 36.4 Å². The average Bonchev–Trinajstić information content (AvgIpc) is 2.60. The molecule has 5 heteroatoms. The van der Waals surface area contributed by atoms with Crippen molar-refractivity contribution in [3.05, 3.63) is 48.0 Å². The summed E-state index contributed by atoms with van der Waals surface area (Å²) in [5.74, 6) is -0.373. The van der Waals surface area contributed by atoms with Crippen molar-refractivity contribution in [1.29, 1.82) is 0 Å². The summed E-state index contributed by atoms with van der Waals surface area (Å²) in [4.78, 5) is 25.8. The number of benzene rings is 1. The molecule has 116 valence electrons. The first-order valence-electron chi connectivity index (χ1n) is 7.42. The van der Waals surface area contributed by atoms with E-state index in [0.717, 1.165) is 12.0 Å². The molecule has 0 N–H and O–H groups in total. The van der Waals surface area contributed by atoms with Gasteiger partial charge in [0.25, 0.3) is 0 Å². The lowest BCUT2D eigenvalue weighted by Gasteiger charge is -2.44. The van der Waals surface area contributed by atoms with Gasteiger partial charge in [-0.05, 0) is 17.9 Å². The third kappa shape index (κ3) is 2.84. The highest BCUT2D eigenvalue weighted by Crippen LogP contribution is 2.35. The van der Waals surface area contributed by atoms with Crippen LogP contribution in [0, 0.1) is 11.8 Å². The quantitative estimate of drug-likeness (QED) is 0.635. The van der Waals surface area contributed by atoms with Crippen LogP contribution in [0.1, 0.15) is 12.0 Å². The molecule has 1 fully saturated rings. The van der Waals surface area contributed by atoms with Crippen LogP contribution in [0.2, 0.25) is 0 Å². The topological polar surface area (TPSA) is 55.8 Å². The van der Waals surface area contributed by atoms with Crippen molar-refractivity contribution in [1.82, 2.24) is 4.90 Å². The Morgan fingerprint density at radius 3 is 2.68 bits per heavy atom. The number of carbonyl (C=O) groups is 2. The fourth-order valence-electron chi connectivity index (χ4n) is 3.17. The lowest BCUT2D eigenvalue weighted by molar-refractivity contribution is -0.153. The summed E-state index contributed by atoms with van der Waals surface area (Å²) < 4.78 is 10.2. The second-order valence-corrected chi connectivity index (χ2v) is 5.69. The fourth-order valence-corrected chi connectivity index (χ4v) is 3.17. The van der Waals surface area contributed by atoms with Crippen molar-refractivity contribution in [2.24, 2.45) is 11.8 Å². The lowest BCUT2D eigenvalue weighted by Crippen LogP contribution is -2.55. The molecule has 22 heavy (non-hydrogen) atoms. The van der Waals surface area contributed by atoms with E-state index in [1.165, 1.54) is 7.11 Å². The molecule has 2 aliphatic heterocycles. The maximum Gasteiger partial charge on any atom is 0.410 e. The normalized spacial score (nSPS) is 25.9. The summed E-state index contributed by atoms with van der Waals surface area (Å²) >= 11 is 0. The van der Waals surface area contributed by atoms with Crippen LogP contribution in [-0.4, -0.2) is 36.7 Å². The van der Waals surface area contributed by atoms with Gasteiger partial charge in [0.2, 0.25) is 0 Å². The Kier molecular flexibility index (Phi) is 4.13. The van der Waals surface area contributed by atoms with Gasteiger partial charge >= 0.3 is 12.1 Å². The van der Waals surface area contributed by atoms with Crippen molar-refractivity contribution in [3.8, 4) is 0 Å². The van der Waals surface area contributed by atoms with Crippen molar-refractivity contribution in [3.63, 3.8) is 0 Å². The standard InChI is InChI=1S/C17H19NO4/c1-21-17(20)18-10-13-7-8-15(18)14(9-13)16(19)22-11-12-5-3-2-4-6-12/h2-8,13-15H,9-11H2,1H3/t13-,14-,15+/m1/s1. The number of hydrogen-bond acceptors (Lipinski definition) is 4. The number of ether oxygens (including phenoxy) is 2. The Bertz CT molecular complexity index is 584. The van der Waals surface area contributed by atoms with Crippen LogP contribution in [0.4, 0.5) is 4.79 Å². The molecule has 0 aromatic heterocycles.